The average Bonchev–Trinajstić information content (AvgIpc) is 2.94. The van der Waals surface area contributed by atoms with Gasteiger partial charge in [-0.25, -0.2) is 4.79 Å². The largest absolute Gasteiger partial charge is 0.478 e. The average molecular weight is 308 g/mol. The Labute approximate surface area is 124 Å². The molecule has 0 aliphatic carbocycles. The highest BCUT2D eigenvalue weighted by atomic mass is 35.5. The lowest BCUT2D eigenvalue weighted by Gasteiger charge is -2.16. The van der Waals surface area contributed by atoms with Crippen LogP contribution in [0.1, 0.15) is 20.8 Å². The Kier molecular flexibility index (Phi) is 3.23. The summed E-state index contributed by atoms with van der Waals surface area (Å²) in [5.41, 5.74) is 1.73. The van der Waals surface area contributed by atoms with Crippen molar-refractivity contribution in [2.45, 2.75) is 13.0 Å². The molecule has 3 rings (SSSR count). The Morgan fingerprint density at radius 3 is 2.80 bits per heavy atom. The summed E-state index contributed by atoms with van der Waals surface area (Å²) in [6.45, 7) is 0.423. The number of nitrogens with zero attached hydrogens (tertiary/aromatic N) is 1. The highest BCUT2D eigenvalue weighted by molar-refractivity contribution is 7.16. The first-order chi connectivity index (χ1) is 9.54. The lowest BCUT2D eigenvalue weighted by atomic mass is 10.1. The SMILES string of the molecule is O=C(O)c1ccc2c(c1)N(Cc1ccc(Cl)s1)C(=O)C2. The van der Waals surface area contributed by atoms with Crippen molar-refractivity contribution in [2.75, 3.05) is 4.90 Å². The Hall–Kier alpha value is -1.85. The Bertz CT molecular complexity index is 710. The van der Waals surface area contributed by atoms with Crippen LogP contribution in [0.2, 0.25) is 4.34 Å². The fourth-order valence-electron chi connectivity index (χ4n) is 2.26. The van der Waals surface area contributed by atoms with E-state index < -0.39 is 5.97 Å². The summed E-state index contributed by atoms with van der Waals surface area (Å²) < 4.78 is 0.672. The number of benzene rings is 1. The molecule has 102 valence electrons. The predicted molar refractivity (Wildman–Crippen MR) is 77.6 cm³/mol. The smallest absolute Gasteiger partial charge is 0.335 e. The summed E-state index contributed by atoms with van der Waals surface area (Å²) in [7, 11) is 0. The van der Waals surface area contributed by atoms with E-state index in [1.165, 1.54) is 17.4 Å². The molecule has 0 radical (unpaired) electrons. The number of anilines is 1. The molecular weight excluding hydrogens is 298 g/mol. The van der Waals surface area contributed by atoms with Crippen LogP contribution in [0.5, 0.6) is 0 Å². The number of fused-ring (bicyclic) bond motifs is 1. The molecule has 4 nitrogen and oxygen atoms in total. The van der Waals surface area contributed by atoms with E-state index in [4.69, 9.17) is 16.7 Å². The molecule has 1 aliphatic rings. The summed E-state index contributed by atoms with van der Waals surface area (Å²) in [5.74, 6) is -1.02. The number of rotatable bonds is 3. The van der Waals surface area contributed by atoms with E-state index in [0.29, 0.717) is 23.0 Å². The summed E-state index contributed by atoms with van der Waals surface area (Å²) in [4.78, 5) is 25.7. The number of hydrogen-bond acceptors (Lipinski definition) is 3. The Morgan fingerprint density at radius 2 is 2.15 bits per heavy atom. The number of hydrogen-bond donors (Lipinski definition) is 1. The fraction of sp³-hybridized carbons (Fsp3) is 0.143. The molecule has 0 atom stereocenters. The van der Waals surface area contributed by atoms with E-state index in [1.54, 1.807) is 23.1 Å². The topological polar surface area (TPSA) is 57.6 Å². The zero-order valence-corrected chi connectivity index (χ0v) is 11.9. The second kappa shape index (κ2) is 4.92. The van der Waals surface area contributed by atoms with Crippen LogP contribution in [0.15, 0.2) is 30.3 Å². The van der Waals surface area contributed by atoms with Crippen molar-refractivity contribution in [2.24, 2.45) is 0 Å². The summed E-state index contributed by atoms with van der Waals surface area (Å²) in [6.07, 6.45) is 0.314. The number of halogens is 1. The van der Waals surface area contributed by atoms with E-state index >= 15 is 0 Å². The van der Waals surface area contributed by atoms with Crippen molar-refractivity contribution in [3.8, 4) is 0 Å². The molecule has 0 fully saturated rings. The monoisotopic (exact) mass is 307 g/mol. The number of carbonyl (C=O) groups is 2. The first-order valence-electron chi connectivity index (χ1n) is 5.95. The molecule has 1 N–H and O–H groups in total. The third-order valence-electron chi connectivity index (χ3n) is 3.21. The number of carboxylic acids is 1. The molecule has 0 spiro atoms. The molecule has 1 amide bonds. The van der Waals surface area contributed by atoms with Gasteiger partial charge in [-0.05, 0) is 29.8 Å². The maximum Gasteiger partial charge on any atom is 0.335 e. The van der Waals surface area contributed by atoms with Gasteiger partial charge < -0.3 is 10.0 Å². The quantitative estimate of drug-likeness (QED) is 0.947. The van der Waals surface area contributed by atoms with Crippen LogP contribution in [0.4, 0.5) is 5.69 Å². The Morgan fingerprint density at radius 1 is 1.35 bits per heavy atom. The molecule has 1 aromatic heterocycles. The van der Waals surface area contributed by atoms with Gasteiger partial charge in [0.1, 0.15) is 0 Å². The first kappa shape index (κ1) is 13.1. The number of carboxylic acid groups (broad SMARTS) is 1. The number of amides is 1. The van der Waals surface area contributed by atoms with Gasteiger partial charge in [-0.2, -0.15) is 0 Å². The van der Waals surface area contributed by atoms with Gasteiger partial charge in [-0.1, -0.05) is 17.7 Å². The predicted octanol–water partition coefficient (Wildman–Crippen LogP) is 3.19. The van der Waals surface area contributed by atoms with Gasteiger partial charge in [-0.3, -0.25) is 4.79 Å². The molecule has 6 heteroatoms. The van der Waals surface area contributed by atoms with Crippen LogP contribution in [-0.2, 0) is 17.8 Å². The van der Waals surface area contributed by atoms with Gasteiger partial charge in [-0.15, -0.1) is 11.3 Å². The Balaban J connectivity index is 1.95. The van der Waals surface area contributed by atoms with Crippen LogP contribution in [0.3, 0.4) is 0 Å². The van der Waals surface area contributed by atoms with Crippen LogP contribution in [0, 0.1) is 0 Å². The number of carbonyl (C=O) groups excluding carboxylic acids is 1. The molecule has 0 bridgehead atoms. The van der Waals surface area contributed by atoms with Crippen molar-refractivity contribution in [1.82, 2.24) is 0 Å². The van der Waals surface area contributed by atoms with Crippen LogP contribution in [-0.4, -0.2) is 17.0 Å². The highest BCUT2D eigenvalue weighted by Crippen LogP contribution is 2.33. The molecule has 1 aliphatic heterocycles. The fourth-order valence-corrected chi connectivity index (χ4v) is 3.33. The second-order valence-electron chi connectivity index (χ2n) is 4.51. The second-order valence-corrected chi connectivity index (χ2v) is 6.31. The van der Waals surface area contributed by atoms with Gasteiger partial charge >= 0.3 is 5.97 Å². The number of thiophene rings is 1. The third kappa shape index (κ3) is 2.30. The highest BCUT2D eigenvalue weighted by Gasteiger charge is 2.28. The standard InChI is InChI=1S/C14H10ClNO3S/c15-12-4-3-10(20-12)7-16-11-5-9(14(18)19)2-1-8(11)6-13(16)17/h1-5H,6-7H2,(H,18,19). The first-order valence-corrected chi connectivity index (χ1v) is 7.15. The minimum atomic E-state index is -0.994. The zero-order valence-electron chi connectivity index (χ0n) is 10.3. The van der Waals surface area contributed by atoms with E-state index in [0.717, 1.165) is 10.4 Å². The van der Waals surface area contributed by atoms with Crippen molar-refractivity contribution >= 4 is 40.5 Å². The maximum atomic E-state index is 12.1. The van der Waals surface area contributed by atoms with E-state index in [-0.39, 0.29) is 11.5 Å². The van der Waals surface area contributed by atoms with Gasteiger partial charge in [0.05, 0.1) is 22.9 Å². The summed E-state index contributed by atoms with van der Waals surface area (Å²) >= 11 is 7.30. The molecule has 1 aromatic carbocycles. The third-order valence-corrected chi connectivity index (χ3v) is 4.42. The van der Waals surface area contributed by atoms with Crippen LogP contribution in [0.25, 0.3) is 0 Å². The maximum absolute atomic E-state index is 12.1. The van der Waals surface area contributed by atoms with E-state index in [1.807, 2.05) is 6.07 Å². The van der Waals surface area contributed by atoms with Gasteiger partial charge in [0.25, 0.3) is 0 Å². The van der Waals surface area contributed by atoms with Crippen molar-refractivity contribution in [3.05, 3.63) is 50.7 Å². The normalized spacial score (nSPS) is 13.7. The van der Waals surface area contributed by atoms with E-state index in [9.17, 15) is 9.59 Å². The van der Waals surface area contributed by atoms with Crippen LogP contribution >= 0.6 is 22.9 Å². The molecule has 2 heterocycles. The van der Waals surface area contributed by atoms with Crippen LogP contribution < -0.4 is 4.90 Å². The lowest BCUT2D eigenvalue weighted by molar-refractivity contribution is -0.117. The van der Waals surface area contributed by atoms with Gasteiger partial charge in [0, 0.05) is 10.6 Å². The van der Waals surface area contributed by atoms with Gasteiger partial charge in [0.15, 0.2) is 0 Å². The molecule has 0 saturated heterocycles. The molecular formula is C14H10ClNO3S. The molecule has 0 unspecified atom stereocenters. The lowest BCUT2D eigenvalue weighted by Crippen LogP contribution is -2.25. The van der Waals surface area contributed by atoms with E-state index in [2.05, 4.69) is 0 Å². The number of aromatic carboxylic acids is 1. The summed E-state index contributed by atoms with van der Waals surface area (Å²) in [5, 5.41) is 9.04. The molecule has 2 aromatic rings. The molecule has 0 saturated carbocycles. The molecule has 20 heavy (non-hydrogen) atoms. The zero-order chi connectivity index (χ0) is 14.3. The van der Waals surface area contributed by atoms with Gasteiger partial charge in [0.2, 0.25) is 5.91 Å². The van der Waals surface area contributed by atoms with Crippen molar-refractivity contribution in [1.29, 1.82) is 0 Å². The minimum Gasteiger partial charge on any atom is -0.478 e. The summed E-state index contributed by atoms with van der Waals surface area (Å²) in [6, 6.07) is 8.45. The minimum absolute atomic E-state index is 0.0212. The van der Waals surface area contributed by atoms with Crippen molar-refractivity contribution in [3.63, 3.8) is 0 Å². The van der Waals surface area contributed by atoms with Crippen molar-refractivity contribution < 1.29 is 14.7 Å².